The first-order chi connectivity index (χ1) is 13.0. The Morgan fingerprint density at radius 1 is 0.852 bits per heavy atom. The summed E-state index contributed by atoms with van der Waals surface area (Å²) in [6.45, 7) is 8.47. The van der Waals surface area contributed by atoms with Crippen molar-refractivity contribution < 1.29 is 9.59 Å². The lowest BCUT2D eigenvalue weighted by molar-refractivity contribution is -0.141. The maximum Gasteiger partial charge on any atom is 0.225 e. The Morgan fingerprint density at radius 2 is 1.41 bits per heavy atom. The number of aromatic nitrogens is 2. The summed E-state index contributed by atoms with van der Waals surface area (Å²) >= 11 is 0. The monoisotopic (exact) mass is 371 g/mol. The first-order valence-electron chi connectivity index (χ1n) is 10.2. The normalized spacial score (nSPS) is 21.5. The van der Waals surface area contributed by atoms with E-state index in [0.717, 1.165) is 82.2 Å². The highest BCUT2D eigenvalue weighted by Gasteiger charge is 2.37. The average molecular weight is 371 g/mol. The molecule has 0 aromatic carbocycles. The Hall–Kier alpha value is -2.18. The van der Waals surface area contributed by atoms with E-state index < -0.39 is 0 Å². The lowest BCUT2D eigenvalue weighted by atomic mass is 9.94. The summed E-state index contributed by atoms with van der Waals surface area (Å²) in [4.78, 5) is 40.3. The van der Waals surface area contributed by atoms with Crippen LogP contribution in [-0.2, 0) is 9.59 Å². The van der Waals surface area contributed by atoms with Gasteiger partial charge in [0.2, 0.25) is 11.8 Å². The van der Waals surface area contributed by atoms with Gasteiger partial charge in [-0.15, -0.1) is 0 Å². The number of carbonyl (C=O) groups is 2. The van der Waals surface area contributed by atoms with Crippen molar-refractivity contribution in [1.29, 1.82) is 0 Å². The van der Waals surface area contributed by atoms with Crippen molar-refractivity contribution in [2.45, 2.75) is 39.5 Å². The lowest BCUT2D eigenvalue weighted by Crippen LogP contribution is -2.52. The van der Waals surface area contributed by atoms with Gasteiger partial charge in [-0.25, -0.2) is 4.98 Å². The number of carbonyl (C=O) groups excluding carboxylic acids is 2. The van der Waals surface area contributed by atoms with Crippen molar-refractivity contribution in [3.05, 3.63) is 17.6 Å². The van der Waals surface area contributed by atoms with Gasteiger partial charge in [0.05, 0.1) is 11.4 Å². The van der Waals surface area contributed by atoms with Crippen LogP contribution in [0.15, 0.2) is 6.20 Å². The molecule has 0 atom stereocenters. The van der Waals surface area contributed by atoms with Crippen LogP contribution < -0.4 is 4.90 Å². The summed E-state index contributed by atoms with van der Waals surface area (Å²) in [7, 11) is 0. The third kappa shape index (κ3) is 3.92. The van der Waals surface area contributed by atoms with Gasteiger partial charge in [0.15, 0.2) is 0 Å². The van der Waals surface area contributed by atoms with Gasteiger partial charge in [0.1, 0.15) is 5.82 Å². The molecule has 7 nitrogen and oxygen atoms in total. The summed E-state index contributed by atoms with van der Waals surface area (Å²) in [6.07, 6.45) is 5.50. The zero-order valence-electron chi connectivity index (χ0n) is 16.4. The maximum absolute atomic E-state index is 12.9. The van der Waals surface area contributed by atoms with E-state index in [1.165, 1.54) is 0 Å². The minimum atomic E-state index is 0.0697. The third-order valence-corrected chi connectivity index (χ3v) is 6.02. The number of rotatable bonds is 3. The molecule has 0 radical (unpaired) electrons. The maximum atomic E-state index is 12.9. The Labute approximate surface area is 160 Å². The van der Waals surface area contributed by atoms with Crippen LogP contribution >= 0.6 is 0 Å². The molecule has 2 amide bonds. The van der Waals surface area contributed by atoms with Crippen LogP contribution in [0.5, 0.6) is 0 Å². The molecule has 2 saturated heterocycles. The molecular formula is C20H29N5O2. The zero-order chi connectivity index (χ0) is 19.0. The second-order valence-electron chi connectivity index (χ2n) is 8.11. The van der Waals surface area contributed by atoms with E-state index in [0.29, 0.717) is 5.91 Å². The van der Waals surface area contributed by atoms with Crippen molar-refractivity contribution in [3.63, 3.8) is 0 Å². The Bertz CT molecular complexity index is 717. The van der Waals surface area contributed by atoms with E-state index in [2.05, 4.69) is 14.9 Å². The van der Waals surface area contributed by atoms with E-state index in [9.17, 15) is 9.59 Å². The fraction of sp³-hybridized carbons (Fsp3) is 0.700. The minimum Gasteiger partial charge on any atom is -0.352 e. The molecule has 4 rings (SSSR count). The van der Waals surface area contributed by atoms with Gasteiger partial charge < -0.3 is 14.7 Å². The number of hydrogen-bond acceptors (Lipinski definition) is 5. The highest BCUT2D eigenvalue weighted by Crippen LogP contribution is 2.32. The first-order valence-corrected chi connectivity index (χ1v) is 10.2. The lowest BCUT2D eigenvalue weighted by Gasteiger charge is -2.39. The van der Waals surface area contributed by atoms with Gasteiger partial charge in [-0.2, -0.15) is 0 Å². The topological polar surface area (TPSA) is 69.6 Å². The molecule has 7 heteroatoms. The van der Waals surface area contributed by atoms with E-state index in [1.807, 2.05) is 23.6 Å². The molecule has 3 fully saturated rings. The smallest absolute Gasteiger partial charge is 0.225 e. The number of piperazine rings is 1. The van der Waals surface area contributed by atoms with Gasteiger partial charge in [-0.3, -0.25) is 14.6 Å². The molecule has 3 aliphatic rings. The molecule has 1 aromatic rings. The summed E-state index contributed by atoms with van der Waals surface area (Å²) in [6, 6.07) is 0. The standard InChI is InChI=1S/C20H29N5O2/c1-14-13-21-15(2)18(22-14)23-9-11-25(12-10-23)20(27)17-5-7-24(8-6-17)19(26)16-3-4-16/h13,16-17H,3-12H2,1-2H3. The number of amides is 2. The molecule has 146 valence electrons. The Kier molecular flexibility index (Phi) is 5.02. The van der Waals surface area contributed by atoms with Crippen LogP contribution in [0.2, 0.25) is 0 Å². The zero-order valence-corrected chi connectivity index (χ0v) is 16.4. The predicted molar refractivity (Wildman–Crippen MR) is 102 cm³/mol. The Balaban J connectivity index is 1.29. The van der Waals surface area contributed by atoms with Crippen molar-refractivity contribution in [3.8, 4) is 0 Å². The first kappa shape index (κ1) is 18.2. The molecule has 1 saturated carbocycles. The van der Waals surface area contributed by atoms with Crippen LogP contribution in [0.3, 0.4) is 0 Å². The predicted octanol–water partition coefficient (Wildman–Crippen LogP) is 1.39. The van der Waals surface area contributed by atoms with Crippen molar-refractivity contribution >= 4 is 17.6 Å². The Morgan fingerprint density at radius 3 is 2.00 bits per heavy atom. The average Bonchev–Trinajstić information content (AvgIpc) is 3.54. The number of piperidine rings is 1. The minimum absolute atomic E-state index is 0.0697. The SMILES string of the molecule is Cc1cnc(C)c(N2CCN(C(=O)C3CCN(C(=O)C4CC4)CC3)CC2)n1. The molecule has 2 aliphatic heterocycles. The molecule has 0 spiro atoms. The highest BCUT2D eigenvalue weighted by molar-refractivity contribution is 5.82. The number of anilines is 1. The molecule has 0 unspecified atom stereocenters. The number of hydrogen-bond donors (Lipinski definition) is 0. The van der Waals surface area contributed by atoms with E-state index >= 15 is 0 Å². The summed E-state index contributed by atoms with van der Waals surface area (Å²) < 4.78 is 0. The third-order valence-electron chi connectivity index (χ3n) is 6.02. The quantitative estimate of drug-likeness (QED) is 0.803. The van der Waals surface area contributed by atoms with Gasteiger partial charge >= 0.3 is 0 Å². The largest absolute Gasteiger partial charge is 0.352 e. The highest BCUT2D eigenvalue weighted by atomic mass is 16.2. The van der Waals surface area contributed by atoms with Crippen molar-refractivity contribution in [1.82, 2.24) is 19.8 Å². The summed E-state index contributed by atoms with van der Waals surface area (Å²) in [5, 5.41) is 0. The van der Waals surface area contributed by atoms with Crippen LogP contribution in [-0.4, -0.2) is 70.9 Å². The molecule has 0 N–H and O–H groups in total. The van der Waals surface area contributed by atoms with Crippen LogP contribution in [0.4, 0.5) is 5.82 Å². The molecular weight excluding hydrogens is 342 g/mol. The van der Waals surface area contributed by atoms with Gasteiger partial charge in [-0.1, -0.05) is 0 Å². The molecule has 3 heterocycles. The molecule has 0 bridgehead atoms. The second-order valence-corrected chi connectivity index (χ2v) is 8.11. The molecule has 27 heavy (non-hydrogen) atoms. The number of nitrogens with zero attached hydrogens (tertiary/aromatic N) is 5. The van der Waals surface area contributed by atoms with E-state index in [4.69, 9.17) is 0 Å². The second kappa shape index (κ2) is 7.44. The van der Waals surface area contributed by atoms with Gasteiger partial charge in [-0.05, 0) is 39.5 Å². The molecule has 1 aliphatic carbocycles. The molecule has 1 aromatic heterocycles. The fourth-order valence-electron chi connectivity index (χ4n) is 4.16. The van der Waals surface area contributed by atoms with E-state index in [1.54, 1.807) is 6.20 Å². The fourth-order valence-corrected chi connectivity index (χ4v) is 4.16. The number of aryl methyl sites for hydroxylation is 2. The van der Waals surface area contributed by atoms with Gasteiger partial charge in [0.25, 0.3) is 0 Å². The summed E-state index contributed by atoms with van der Waals surface area (Å²) in [5.74, 6) is 1.86. The van der Waals surface area contributed by atoms with Crippen molar-refractivity contribution in [2.24, 2.45) is 11.8 Å². The van der Waals surface area contributed by atoms with E-state index in [-0.39, 0.29) is 17.7 Å². The van der Waals surface area contributed by atoms with Crippen molar-refractivity contribution in [2.75, 3.05) is 44.2 Å². The van der Waals surface area contributed by atoms with Crippen LogP contribution in [0.25, 0.3) is 0 Å². The number of likely N-dealkylation sites (tertiary alicyclic amines) is 1. The van der Waals surface area contributed by atoms with Crippen LogP contribution in [0.1, 0.15) is 37.1 Å². The van der Waals surface area contributed by atoms with Crippen LogP contribution in [0, 0.1) is 25.7 Å². The summed E-state index contributed by atoms with van der Waals surface area (Å²) in [5.41, 5.74) is 1.86. The van der Waals surface area contributed by atoms with Gasteiger partial charge in [0, 0.05) is 57.3 Å².